The van der Waals surface area contributed by atoms with Crippen LogP contribution in [0.4, 0.5) is 0 Å². The van der Waals surface area contributed by atoms with Crippen molar-refractivity contribution in [2.45, 2.75) is 108 Å². The van der Waals surface area contributed by atoms with Gasteiger partial charge in [-0.3, -0.25) is 9.59 Å². The van der Waals surface area contributed by atoms with Crippen molar-refractivity contribution in [2.75, 3.05) is 6.61 Å². The van der Waals surface area contributed by atoms with Crippen molar-refractivity contribution in [3.05, 3.63) is 59.7 Å². The third-order valence-electron chi connectivity index (χ3n) is 11.1. The van der Waals surface area contributed by atoms with Gasteiger partial charge in [0.05, 0.1) is 30.3 Å². The van der Waals surface area contributed by atoms with E-state index in [1.807, 2.05) is 6.92 Å². The van der Waals surface area contributed by atoms with E-state index in [1.165, 1.54) is 19.9 Å². The maximum atomic E-state index is 13.9. The molecule has 2 saturated heterocycles. The molecule has 2 aliphatic heterocycles. The Morgan fingerprint density at radius 1 is 1.02 bits per heavy atom. The number of ether oxygens (including phenoxy) is 6. The van der Waals surface area contributed by atoms with Crippen LogP contribution in [-0.2, 0) is 38.0 Å². The standard InChI is InChI=1S/C34H42O11/c1-8-24-42-22-14-23-33(16-40-23,45-19(4)36)27-29(44-30(38)20-12-10-9-11-13-20)34(39)15-21(37)17(2)25(31(34,5)6)26(41-18(3)35)28(43-24)32(22,27)7/h8-13,21-24,26-29,37,39H,1,14-16H2,2-7H3/t21-,22-,23+,24+,26-,27-,28-,29-,32+,33-,34+/m0/s1. The van der Waals surface area contributed by atoms with Crippen molar-refractivity contribution in [1.82, 2.24) is 0 Å². The molecule has 2 heterocycles. The molecule has 5 aliphatic rings. The molecule has 2 N–H and O–H groups in total. The maximum absolute atomic E-state index is 13.9. The summed E-state index contributed by atoms with van der Waals surface area (Å²) < 4.78 is 37.8. The molecule has 0 radical (unpaired) electrons. The van der Waals surface area contributed by atoms with Crippen LogP contribution in [0.5, 0.6) is 0 Å². The van der Waals surface area contributed by atoms with Crippen molar-refractivity contribution >= 4 is 17.9 Å². The Balaban J connectivity index is 1.68. The second-order valence-corrected chi connectivity index (χ2v) is 13.8. The lowest BCUT2D eigenvalue weighted by molar-refractivity contribution is -0.405. The summed E-state index contributed by atoms with van der Waals surface area (Å²) in [5, 5.41) is 24.7. The second-order valence-electron chi connectivity index (χ2n) is 13.8. The fraction of sp³-hybridized carbons (Fsp3) is 0.618. The van der Waals surface area contributed by atoms with Crippen molar-refractivity contribution in [2.24, 2.45) is 16.7 Å². The lowest BCUT2D eigenvalue weighted by Crippen LogP contribution is -2.83. The molecular formula is C34H42O11. The van der Waals surface area contributed by atoms with E-state index >= 15 is 0 Å². The Morgan fingerprint density at radius 2 is 1.71 bits per heavy atom. The molecule has 1 aromatic carbocycles. The quantitative estimate of drug-likeness (QED) is 0.282. The number of benzene rings is 1. The van der Waals surface area contributed by atoms with E-state index in [9.17, 15) is 24.6 Å². The minimum atomic E-state index is -1.97. The highest BCUT2D eigenvalue weighted by Gasteiger charge is 2.79. The molecule has 3 aliphatic carbocycles. The largest absolute Gasteiger partial charge is 0.455 e. The van der Waals surface area contributed by atoms with Crippen molar-refractivity contribution in [1.29, 1.82) is 0 Å². The van der Waals surface area contributed by atoms with E-state index in [0.29, 0.717) is 11.1 Å². The normalized spacial score (nSPS) is 42.8. The van der Waals surface area contributed by atoms with Gasteiger partial charge in [-0.2, -0.15) is 0 Å². The molecular weight excluding hydrogens is 584 g/mol. The summed E-state index contributed by atoms with van der Waals surface area (Å²) in [4.78, 5) is 39.6. The molecule has 0 spiro atoms. The van der Waals surface area contributed by atoms with Crippen LogP contribution in [0.1, 0.15) is 64.7 Å². The molecule has 11 heteroatoms. The van der Waals surface area contributed by atoms with E-state index in [2.05, 4.69) is 6.58 Å². The molecule has 2 bridgehead atoms. The fourth-order valence-corrected chi connectivity index (χ4v) is 8.97. The van der Waals surface area contributed by atoms with Gasteiger partial charge in [0.25, 0.3) is 0 Å². The lowest BCUT2D eigenvalue weighted by atomic mass is 9.44. The van der Waals surface area contributed by atoms with Gasteiger partial charge in [-0.1, -0.05) is 45.5 Å². The highest BCUT2D eigenvalue weighted by Crippen LogP contribution is 2.67. The summed E-state index contributed by atoms with van der Waals surface area (Å²) in [5.41, 5.74) is -4.60. The number of fused-ring (bicyclic) bond motifs is 4. The van der Waals surface area contributed by atoms with Crippen molar-refractivity contribution in [3.63, 3.8) is 0 Å². The average molecular weight is 627 g/mol. The van der Waals surface area contributed by atoms with Crippen LogP contribution >= 0.6 is 0 Å². The first-order valence-corrected chi connectivity index (χ1v) is 15.4. The Hall–Kier alpha value is -3.09. The smallest absolute Gasteiger partial charge is 0.338 e. The summed E-state index contributed by atoms with van der Waals surface area (Å²) >= 11 is 0. The molecule has 4 fully saturated rings. The predicted molar refractivity (Wildman–Crippen MR) is 157 cm³/mol. The Bertz CT molecular complexity index is 1440. The zero-order valence-electron chi connectivity index (χ0n) is 26.5. The van der Waals surface area contributed by atoms with Crippen LogP contribution in [0.2, 0.25) is 0 Å². The van der Waals surface area contributed by atoms with Gasteiger partial charge in [0.1, 0.15) is 23.9 Å². The van der Waals surface area contributed by atoms with Crippen molar-refractivity contribution < 1.29 is 53.0 Å². The van der Waals surface area contributed by atoms with Crippen LogP contribution in [0, 0.1) is 16.7 Å². The Morgan fingerprint density at radius 3 is 2.29 bits per heavy atom. The number of hydrogen-bond donors (Lipinski definition) is 2. The first kappa shape index (κ1) is 31.9. The Labute approximate surface area is 262 Å². The van der Waals surface area contributed by atoms with Crippen LogP contribution in [0.15, 0.2) is 54.1 Å². The molecule has 244 valence electrons. The topological polar surface area (TPSA) is 147 Å². The summed E-state index contributed by atoms with van der Waals surface area (Å²) in [7, 11) is 0. The van der Waals surface area contributed by atoms with Gasteiger partial charge >= 0.3 is 17.9 Å². The monoisotopic (exact) mass is 626 g/mol. The van der Waals surface area contributed by atoms with Crippen LogP contribution < -0.4 is 0 Å². The number of hydrogen-bond acceptors (Lipinski definition) is 11. The van der Waals surface area contributed by atoms with Gasteiger partial charge in [-0.05, 0) is 36.3 Å². The van der Waals surface area contributed by atoms with Gasteiger partial charge in [0, 0.05) is 37.5 Å². The molecule has 1 aromatic rings. The predicted octanol–water partition coefficient (Wildman–Crippen LogP) is 3.02. The number of aliphatic hydroxyl groups excluding tert-OH is 1. The number of rotatable bonds is 5. The molecule has 0 unspecified atom stereocenters. The molecule has 45 heavy (non-hydrogen) atoms. The van der Waals surface area contributed by atoms with E-state index in [1.54, 1.807) is 51.1 Å². The van der Waals surface area contributed by atoms with Gasteiger partial charge in [-0.25, -0.2) is 4.79 Å². The minimum absolute atomic E-state index is 0.0414. The summed E-state index contributed by atoms with van der Waals surface area (Å²) in [5.74, 6) is -2.89. The van der Waals surface area contributed by atoms with Crippen LogP contribution in [0.3, 0.4) is 0 Å². The molecule has 2 saturated carbocycles. The van der Waals surface area contributed by atoms with Gasteiger partial charge in [-0.15, -0.1) is 0 Å². The average Bonchev–Trinajstić information content (AvgIpc) is 2.96. The summed E-state index contributed by atoms with van der Waals surface area (Å²) in [6.45, 7) is 13.6. The fourth-order valence-electron chi connectivity index (χ4n) is 8.97. The number of aliphatic hydroxyl groups is 2. The van der Waals surface area contributed by atoms with E-state index < -0.39 is 88.8 Å². The highest BCUT2D eigenvalue weighted by atomic mass is 16.7. The molecule has 0 aromatic heterocycles. The highest BCUT2D eigenvalue weighted by molar-refractivity contribution is 5.89. The van der Waals surface area contributed by atoms with Gasteiger partial charge in [0.15, 0.2) is 18.0 Å². The number of carbonyl (C=O) groups is 3. The van der Waals surface area contributed by atoms with Crippen LogP contribution in [0.25, 0.3) is 0 Å². The van der Waals surface area contributed by atoms with Gasteiger partial charge < -0.3 is 38.6 Å². The zero-order valence-corrected chi connectivity index (χ0v) is 26.5. The lowest BCUT2D eigenvalue weighted by Gasteiger charge is -2.71. The van der Waals surface area contributed by atoms with E-state index in [-0.39, 0.29) is 25.0 Å². The van der Waals surface area contributed by atoms with E-state index in [4.69, 9.17) is 28.4 Å². The number of esters is 3. The van der Waals surface area contributed by atoms with Gasteiger partial charge in [0.2, 0.25) is 0 Å². The zero-order chi connectivity index (χ0) is 32.7. The van der Waals surface area contributed by atoms with E-state index in [0.717, 1.165) is 0 Å². The van der Waals surface area contributed by atoms with Crippen LogP contribution in [-0.4, -0.2) is 88.8 Å². The maximum Gasteiger partial charge on any atom is 0.338 e. The Kier molecular flexibility index (Phi) is 7.60. The SMILES string of the molecule is C=C[C@@H]1O[C@H]2C[C@H]3OC[C@@]3(OC(C)=O)[C@H]3[C@H](OC(=O)c4ccccc4)[C@]4(O)C[C@H](O)C(C)=C([C@H](OC(C)=O)[C@H](O1)[C@]23C)C4(C)C. The first-order valence-electron chi connectivity index (χ1n) is 15.4. The molecule has 6 rings (SSSR count). The first-order chi connectivity index (χ1) is 21.1. The number of carbonyl (C=O) groups excluding carboxylic acids is 3. The molecule has 11 nitrogen and oxygen atoms in total. The third kappa shape index (κ3) is 4.46. The minimum Gasteiger partial charge on any atom is -0.455 e. The second kappa shape index (κ2) is 10.7. The van der Waals surface area contributed by atoms with Crippen molar-refractivity contribution in [3.8, 4) is 0 Å². The summed E-state index contributed by atoms with van der Waals surface area (Å²) in [6, 6.07) is 8.39. The third-order valence-corrected chi connectivity index (χ3v) is 11.1. The summed E-state index contributed by atoms with van der Waals surface area (Å²) in [6.07, 6.45) is -5.32. The molecule has 11 atom stereocenters. The molecule has 0 amide bonds.